The van der Waals surface area contributed by atoms with E-state index in [-0.39, 0.29) is 5.75 Å². The molecule has 96 valence electrons. The number of benzene rings is 1. The minimum atomic E-state index is 0.277. The zero-order chi connectivity index (χ0) is 13.4. The zero-order valence-corrected chi connectivity index (χ0v) is 11.3. The molecule has 0 saturated heterocycles. The third kappa shape index (κ3) is 2.10. The van der Waals surface area contributed by atoms with Crippen molar-refractivity contribution in [3.05, 3.63) is 35.3 Å². The molecule has 0 radical (unpaired) electrons. The SMILES string of the molecule is Cc1cc2c(O)ccc(N=Nc3ccnn3C)c2s1. The molecule has 0 unspecified atom stereocenters. The molecule has 1 N–H and O–H groups in total. The fourth-order valence-electron chi connectivity index (χ4n) is 1.87. The number of hydrogen-bond acceptors (Lipinski definition) is 5. The summed E-state index contributed by atoms with van der Waals surface area (Å²) in [4.78, 5) is 1.13. The van der Waals surface area contributed by atoms with Gasteiger partial charge in [0.2, 0.25) is 0 Å². The summed E-state index contributed by atoms with van der Waals surface area (Å²) in [6, 6.07) is 7.17. The van der Waals surface area contributed by atoms with E-state index in [1.807, 2.05) is 20.0 Å². The maximum atomic E-state index is 9.83. The van der Waals surface area contributed by atoms with E-state index in [9.17, 15) is 5.11 Å². The monoisotopic (exact) mass is 272 g/mol. The van der Waals surface area contributed by atoms with Gasteiger partial charge in [-0.25, -0.2) is 4.68 Å². The van der Waals surface area contributed by atoms with Crippen molar-refractivity contribution in [1.82, 2.24) is 9.78 Å². The first-order valence-corrected chi connectivity index (χ1v) is 6.58. The molecule has 6 heteroatoms. The molecule has 2 heterocycles. The van der Waals surface area contributed by atoms with Crippen molar-refractivity contribution < 1.29 is 5.11 Å². The Labute approximate surface area is 113 Å². The highest BCUT2D eigenvalue weighted by Gasteiger charge is 2.08. The number of hydrogen-bond donors (Lipinski definition) is 1. The number of rotatable bonds is 2. The van der Waals surface area contributed by atoms with E-state index in [4.69, 9.17) is 0 Å². The number of thiophene rings is 1. The van der Waals surface area contributed by atoms with E-state index in [0.29, 0.717) is 5.82 Å². The number of phenolic OH excluding ortho intramolecular Hbond substituents is 1. The van der Waals surface area contributed by atoms with Crippen LogP contribution in [-0.2, 0) is 7.05 Å². The lowest BCUT2D eigenvalue weighted by molar-refractivity contribution is 0.482. The van der Waals surface area contributed by atoms with Gasteiger partial charge in [0.1, 0.15) is 11.4 Å². The molecular weight excluding hydrogens is 260 g/mol. The van der Waals surface area contributed by atoms with Crippen LogP contribution in [0.3, 0.4) is 0 Å². The normalized spacial score (nSPS) is 11.7. The Morgan fingerprint density at radius 3 is 2.84 bits per heavy atom. The highest BCUT2D eigenvalue weighted by atomic mass is 32.1. The third-order valence-corrected chi connectivity index (χ3v) is 3.89. The van der Waals surface area contributed by atoms with Gasteiger partial charge in [0, 0.05) is 23.4 Å². The lowest BCUT2D eigenvalue weighted by atomic mass is 10.2. The molecule has 3 aromatic rings. The minimum Gasteiger partial charge on any atom is -0.507 e. The van der Waals surface area contributed by atoms with Gasteiger partial charge in [0.05, 0.1) is 10.9 Å². The molecule has 19 heavy (non-hydrogen) atoms. The number of aryl methyl sites for hydroxylation is 2. The Morgan fingerprint density at radius 1 is 1.26 bits per heavy atom. The Balaban J connectivity index is 2.09. The van der Waals surface area contributed by atoms with E-state index in [1.165, 1.54) is 0 Å². The predicted octanol–water partition coefficient (Wildman–Crippen LogP) is 4.06. The highest BCUT2D eigenvalue weighted by Crippen LogP contribution is 2.39. The summed E-state index contributed by atoms with van der Waals surface area (Å²) in [7, 11) is 1.82. The molecule has 0 atom stereocenters. The van der Waals surface area contributed by atoms with Gasteiger partial charge in [-0.2, -0.15) is 5.10 Å². The maximum absolute atomic E-state index is 9.83. The van der Waals surface area contributed by atoms with Gasteiger partial charge in [-0.15, -0.1) is 21.6 Å². The van der Waals surface area contributed by atoms with Gasteiger partial charge < -0.3 is 5.11 Å². The first-order chi connectivity index (χ1) is 9.15. The smallest absolute Gasteiger partial charge is 0.172 e. The molecule has 0 aliphatic heterocycles. The summed E-state index contributed by atoms with van der Waals surface area (Å²) in [5.74, 6) is 0.966. The lowest BCUT2D eigenvalue weighted by Gasteiger charge is -1.98. The molecule has 3 rings (SSSR count). The van der Waals surface area contributed by atoms with Crippen LogP contribution in [0.2, 0.25) is 0 Å². The molecule has 0 amide bonds. The number of aromatic hydroxyl groups is 1. The Hall–Kier alpha value is -2.21. The summed E-state index contributed by atoms with van der Waals surface area (Å²) < 4.78 is 2.60. The first kappa shape index (κ1) is 11.9. The van der Waals surface area contributed by atoms with Crippen LogP contribution in [0, 0.1) is 6.92 Å². The quantitative estimate of drug-likeness (QED) is 0.715. The standard InChI is InChI=1S/C13H12N4OS/c1-8-7-9-11(18)4-3-10(13(9)19-8)15-16-12-5-6-14-17(12)2/h3-7,18H,1-2H3. The summed E-state index contributed by atoms with van der Waals surface area (Å²) in [5.41, 5.74) is 0.757. The van der Waals surface area contributed by atoms with Crippen molar-refractivity contribution in [2.24, 2.45) is 17.3 Å². The summed E-state index contributed by atoms with van der Waals surface area (Å²) in [6.07, 6.45) is 1.68. The van der Waals surface area contributed by atoms with Crippen molar-refractivity contribution >= 4 is 32.9 Å². The van der Waals surface area contributed by atoms with Crippen LogP contribution < -0.4 is 0 Å². The molecule has 2 aromatic heterocycles. The van der Waals surface area contributed by atoms with Gasteiger partial charge in [-0.1, -0.05) is 0 Å². The fraction of sp³-hybridized carbons (Fsp3) is 0.154. The molecule has 0 spiro atoms. The maximum Gasteiger partial charge on any atom is 0.172 e. The van der Waals surface area contributed by atoms with Crippen molar-refractivity contribution in [1.29, 1.82) is 0 Å². The van der Waals surface area contributed by atoms with Crippen molar-refractivity contribution in [2.75, 3.05) is 0 Å². The number of nitrogens with zero attached hydrogens (tertiary/aromatic N) is 4. The second-order valence-electron chi connectivity index (χ2n) is 4.22. The van der Waals surface area contributed by atoms with Crippen LogP contribution in [0.25, 0.3) is 10.1 Å². The van der Waals surface area contributed by atoms with Gasteiger partial charge in [-0.3, -0.25) is 0 Å². The highest BCUT2D eigenvalue weighted by molar-refractivity contribution is 7.19. The van der Waals surface area contributed by atoms with Gasteiger partial charge in [0.25, 0.3) is 0 Å². The largest absolute Gasteiger partial charge is 0.507 e. The minimum absolute atomic E-state index is 0.277. The van der Waals surface area contributed by atoms with Gasteiger partial charge >= 0.3 is 0 Å². The summed E-state index contributed by atoms with van der Waals surface area (Å²) >= 11 is 1.60. The molecule has 0 aliphatic carbocycles. The molecular formula is C13H12N4OS. The molecule has 0 aliphatic rings. The van der Waals surface area contributed by atoms with Crippen LogP contribution in [0.15, 0.2) is 40.7 Å². The number of azo groups is 1. The summed E-state index contributed by atoms with van der Waals surface area (Å²) in [6.45, 7) is 2.01. The number of fused-ring (bicyclic) bond motifs is 1. The van der Waals surface area contributed by atoms with Crippen molar-refractivity contribution in [3.63, 3.8) is 0 Å². The van der Waals surface area contributed by atoms with Crippen LogP contribution >= 0.6 is 11.3 Å². The average molecular weight is 272 g/mol. The summed E-state index contributed by atoms with van der Waals surface area (Å²) in [5, 5.41) is 23.1. The first-order valence-electron chi connectivity index (χ1n) is 5.77. The lowest BCUT2D eigenvalue weighted by Crippen LogP contribution is -1.86. The van der Waals surface area contributed by atoms with E-state index in [0.717, 1.165) is 20.7 Å². The van der Waals surface area contributed by atoms with Crippen LogP contribution in [-0.4, -0.2) is 14.9 Å². The topological polar surface area (TPSA) is 62.8 Å². The molecule has 1 aromatic carbocycles. The van der Waals surface area contributed by atoms with Crippen molar-refractivity contribution in [2.45, 2.75) is 6.92 Å². The van der Waals surface area contributed by atoms with Crippen LogP contribution in [0.5, 0.6) is 5.75 Å². The Bertz CT molecular complexity index is 772. The molecule has 0 bridgehead atoms. The van der Waals surface area contributed by atoms with E-state index in [1.54, 1.807) is 40.4 Å². The third-order valence-electron chi connectivity index (χ3n) is 2.82. The van der Waals surface area contributed by atoms with E-state index >= 15 is 0 Å². The average Bonchev–Trinajstić information content (AvgIpc) is 2.95. The molecule has 0 fully saturated rings. The second-order valence-corrected chi connectivity index (χ2v) is 5.47. The Kier molecular flexibility index (Phi) is 2.79. The van der Waals surface area contributed by atoms with Crippen LogP contribution in [0.4, 0.5) is 11.5 Å². The van der Waals surface area contributed by atoms with E-state index in [2.05, 4.69) is 15.3 Å². The fourth-order valence-corrected chi connectivity index (χ4v) is 2.85. The predicted molar refractivity (Wildman–Crippen MR) is 75.6 cm³/mol. The molecule has 0 saturated carbocycles. The Morgan fingerprint density at radius 2 is 2.11 bits per heavy atom. The van der Waals surface area contributed by atoms with E-state index < -0.39 is 0 Å². The zero-order valence-electron chi connectivity index (χ0n) is 10.5. The second kappa shape index (κ2) is 4.47. The van der Waals surface area contributed by atoms with Gasteiger partial charge in [-0.05, 0) is 25.1 Å². The van der Waals surface area contributed by atoms with Crippen molar-refractivity contribution in [3.8, 4) is 5.75 Å². The van der Waals surface area contributed by atoms with Gasteiger partial charge in [0.15, 0.2) is 5.82 Å². The van der Waals surface area contributed by atoms with Crippen LogP contribution in [0.1, 0.15) is 4.88 Å². The number of phenols is 1. The number of aromatic nitrogens is 2. The molecule has 5 nitrogen and oxygen atoms in total.